The van der Waals surface area contributed by atoms with E-state index < -0.39 is 11.7 Å². The number of alkyl halides is 3. The number of hydrogen-bond donors (Lipinski definition) is 1. The second-order valence-corrected chi connectivity index (χ2v) is 8.43. The molecule has 2 aromatic carbocycles. The molecule has 0 spiro atoms. The molecule has 0 aliphatic heterocycles. The van der Waals surface area contributed by atoms with E-state index in [0.717, 1.165) is 33.8 Å². The molecule has 0 saturated carbocycles. The topological polar surface area (TPSA) is 59.3 Å². The number of amides is 1. The molecule has 0 unspecified atom stereocenters. The molecule has 2 heterocycles. The minimum atomic E-state index is -4.47. The molecule has 5 nitrogen and oxygen atoms in total. The Kier molecular flexibility index (Phi) is 6.19. The molecule has 0 radical (unpaired) electrons. The number of para-hydroxylation sites is 1. The van der Waals surface area contributed by atoms with Crippen LogP contribution in [0.25, 0.3) is 5.65 Å². The van der Waals surface area contributed by atoms with Gasteiger partial charge in [0, 0.05) is 16.0 Å². The quantitative estimate of drug-likeness (QED) is 0.378. The predicted octanol–water partition coefficient (Wildman–Crippen LogP) is 5.63. The van der Waals surface area contributed by atoms with Crippen LogP contribution in [0.2, 0.25) is 0 Å². The lowest BCUT2D eigenvalue weighted by atomic mass is 10.3. The second kappa shape index (κ2) is 9.03. The van der Waals surface area contributed by atoms with E-state index in [1.807, 2.05) is 48.5 Å². The van der Waals surface area contributed by atoms with Gasteiger partial charge in [-0.2, -0.15) is 13.2 Å². The monoisotopic (exact) mass is 460 g/mol. The SMILES string of the molecule is O=C(CSc1nnc2ccc(C(F)(F)F)cn12)Nc1ccccc1Sc1ccccc1. The molecule has 0 bridgehead atoms. The van der Waals surface area contributed by atoms with Crippen LogP contribution in [-0.4, -0.2) is 26.3 Å². The van der Waals surface area contributed by atoms with Crippen LogP contribution in [0.15, 0.2) is 87.9 Å². The molecule has 0 atom stereocenters. The molecule has 0 aliphatic carbocycles. The van der Waals surface area contributed by atoms with E-state index in [-0.39, 0.29) is 22.5 Å². The number of rotatable bonds is 6. The fourth-order valence-electron chi connectivity index (χ4n) is 2.73. The minimum absolute atomic E-state index is 0.0264. The van der Waals surface area contributed by atoms with Gasteiger partial charge < -0.3 is 5.32 Å². The van der Waals surface area contributed by atoms with Gasteiger partial charge in [-0.1, -0.05) is 53.9 Å². The van der Waals surface area contributed by atoms with Crippen LogP contribution in [0, 0.1) is 0 Å². The number of pyridine rings is 1. The number of benzene rings is 2. The number of fused-ring (bicyclic) bond motifs is 1. The van der Waals surface area contributed by atoms with Crippen molar-refractivity contribution in [2.24, 2.45) is 0 Å². The number of thioether (sulfide) groups is 1. The Morgan fingerprint density at radius 2 is 1.71 bits per heavy atom. The van der Waals surface area contributed by atoms with Gasteiger partial charge in [0.2, 0.25) is 5.91 Å². The van der Waals surface area contributed by atoms with Crippen LogP contribution in [0.3, 0.4) is 0 Å². The number of anilines is 1. The zero-order valence-corrected chi connectivity index (χ0v) is 17.5. The van der Waals surface area contributed by atoms with E-state index in [4.69, 9.17) is 0 Å². The Bertz CT molecular complexity index is 1210. The van der Waals surface area contributed by atoms with E-state index in [1.165, 1.54) is 22.2 Å². The predicted molar refractivity (Wildman–Crippen MR) is 114 cm³/mol. The van der Waals surface area contributed by atoms with Gasteiger partial charge in [0.05, 0.1) is 17.0 Å². The van der Waals surface area contributed by atoms with Crippen molar-refractivity contribution in [1.82, 2.24) is 14.6 Å². The van der Waals surface area contributed by atoms with Gasteiger partial charge in [0.1, 0.15) is 0 Å². The number of nitrogens with zero attached hydrogens (tertiary/aromatic N) is 3. The number of nitrogens with one attached hydrogen (secondary N) is 1. The molecule has 4 aromatic rings. The minimum Gasteiger partial charge on any atom is -0.324 e. The molecule has 0 aliphatic rings. The third-order valence-corrected chi connectivity index (χ3v) is 6.19. The van der Waals surface area contributed by atoms with Crippen molar-refractivity contribution in [1.29, 1.82) is 0 Å². The maximum Gasteiger partial charge on any atom is 0.417 e. The Hall–Kier alpha value is -2.98. The highest BCUT2D eigenvalue weighted by Crippen LogP contribution is 2.33. The highest BCUT2D eigenvalue weighted by Gasteiger charge is 2.31. The normalized spacial score (nSPS) is 11.6. The summed E-state index contributed by atoms with van der Waals surface area (Å²) in [6.07, 6.45) is -3.54. The van der Waals surface area contributed by atoms with Crippen LogP contribution in [0.4, 0.5) is 18.9 Å². The van der Waals surface area contributed by atoms with Crippen LogP contribution in [0.1, 0.15) is 5.56 Å². The maximum atomic E-state index is 13.0. The lowest BCUT2D eigenvalue weighted by Crippen LogP contribution is -2.15. The smallest absolute Gasteiger partial charge is 0.324 e. The van der Waals surface area contributed by atoms with E-state index in [2.05, 4.69) is 15.5 Å². The van der Waals surface area contributed by atoms with Crippen molar-refractivity contribution in [2.75, 3.05) is 11.1 Å². The van der Waals surface area contributed by atoms with E-state index >= 15 is 0 Å². The molecule has 10 heteroatoms. The van der Waals surface area contributed by atoms with Crippen molar-refractivity contribution < 1.29 is 18.0 Å². The number of halogens is 3. The highest BCUT2D eigenvalue weighted by atomic mass is 32.2. The summed E-state index contributed by atoms with van der Waals surface area (Å²) in [7, 11) is 0. The first kappa shape index (κ1) is 21.3. The van der Waals surface area contributed by atoms with Crippen molar-refractivity contribution in [3.05, 3.63) is 78.5 Å². The van der Waals surface area contributed by atoms with Crippen LogP contribution < -0.4 is 5.32 Å². The van der Waals surface area contributed by atoms with Gasteiger partial charge in [-0.3, -0.25) is 9.20 Å². The van der Waals surface area contributed by atoms with Gasteiger partial charge >= 0.3 is 6.18 Å². The first-order valence-corrected chi connectivity index (χ1v) is 10.9. The molecule has 2 aromatic heterocycles. The van der Waals surface area contributed by atoms with E-state index in [0.29, 0.717) is 5.69 Å². The van der Waals surface area contributed by atoms with E-state index in [9.17, 15) is 18.0 Å². The molecule has 31 heavy (non-hydrogen) atoms. The maximum absolute atomic E-state index is 13.0. The molecule has 0 fully saturated rings. The largest absolute Gasteiger partial charge is 0.417 e. The Labute approximate surface area is 184 Å². The zero-order valence-electron chi connectivity index (χ0n) is 15.8. The molecule has 1 N–H and O–H groups in total. The number of hydrogen-bond acceptors (Lipinski definition) is 5. The Morgan fingerprint density at radius 1 is 0.968 bits per heavy atom. The van der Waals surface area contributed by atoms with Crippen LogP contribution >= 0.6 is 23.5 Å². The summed E-state index contributed by atoms with van der Waals surface area (Å²) in [5.41, 5.74) is 0.130. The van der Waals surface area contributed by atoms with E-state index in [1.54, 1.807) is 6.07 Å². The first-order valence-electron chi connectivity index (χ1n) is 9.07. The lowest BCUT2D eigenvalue weighted by molar-refractivity contribution is -0.137. The summed E-state index contributed by atoms with van der Waals surface area (Å²) in [5, 5.41) is 10.8. The highest BCUT2D eigenvalue weighted by molar-refractivity contribution is 8.00. The van der Waals surface area contributed by atoms with Crippen LogP contribution in [-0.2, 0) is 11.0 Å². The number of carbonyl (C=O) groups is 1. The van der Waals surface area contributed by atoms with Gasteiger partial charge in [0.25, 0.3) is 0 Å². The molecule has 1 amide bonds. The van der Waals surface area contributed by atoms with Crippen molar-refractivity contribution in [2.45, 2.75) is 21.1 Å². The summed E-state index contributed by atoms with van der Waals surface area (Å²) >= 11 is 2.54. The third kappa shape index (κ3) is 5.20. The second-order valence-electron chi connectivity index (χ2n) is 6.37. The van der Waals surface area contributed by atoms with Gasteiger partial charge in [-0.05, 0) is 36.4 Å². The lowest BCUT2D eigenvalue weighted by Gasteiger charge is -2.10. The molecule has 158 valence electrons. The summed E-state index contributed by atoms with van der Waals surface area (Å²) in [5.74, 6) is -0.323. The molecular weight excluding hydrogens is 445 g/mol. The fraction of sp³-hybridized carbons (Fsp3) is 0.0952. The van der Waals surface area contributed by atoms with Crippen molar-refractivity contribution in [3.8, 4) is 0 Å². The zero-order chi connectivity index (χ0) is 21.8. The van der Waals surface area contributed by atoms with Gasteiger partial charge in [-0.25, -0.2) is 0 Å². The standard InChI is InChI=1S/C21H15F3N4OS2/c22-21(23,24)14-10-11-18-26-27-20(28(18)12-14)30-13-19(29)25-16-8-4-5-9-17(16)31-15-6-2-1-3-7-15/h1-12H,13H2,(H,25,29). The van der Waals surface area contributed by atoms with Crippen LogP contribution in [0.5, 0.6) is 0 Å². The summed E-state index contributed by atoms with van der Waals surface area (Å²) in [6.45, 7) is 0. The van der Waals surface area contributed by atoms with Crippen molar-refractivity contribution in [3.63, 3.8) is 0 Å². The molecule has 0 saturated heterocycles. The van der Waals surface area contributed by atoms with Gasteiger partial charge in [-0.15, -0.1) is 10.2 Å². The average molecular weight is 461 g/mol. The third-order valence-electron chi connectivity index (χ3n) is 4.16. The van der Waals surface area contributed by atoms with Crippen molar-refractivity contribution >= 4 is 40.8 Å². The average Bonchev–Trinajstić information content (AvgIpc) is 3.16. The molecular formula is C21H15F3N4OS2. The molecule has 4 rings (SSSR count). The number of carbonyl (C=O) groups excluding carboxylic acids is 1. The Morgan fingerprint density at radius 3 is 2.48 bits per heavy atom. The Balaban J connectivity index is 1.45. The van der Waals surface area contributed by atoms with Gasteiger partial charge in [0.15, 0.2) is 10.8 Å². The fourth-order valence-corrected chi connectivity index (χ4v) is 4.37. The number of aromatic nitrogens is 3. The summed E-state index contributed by atoms with van der Waals surface area (Å²) in [4.78, 5) is 14.4. The first-order chi connectivity index (χ1) is 14.9. The summed E-state index contributed by atoms with van der Waals surface area (Å²) < 4.78 is 40.2. The summed E-state index contributed by atoms with van der Waals surface area (Å²) in [6, 6.07) is 19.4.